The Morgan fingerprint density at radius 1 is 0.746 bits per heavy atom. The van der Waals surface area contributed by atoms with Crippen LogP contribution in [0.5, 0.6) is 5.75 Å². The highest BCUT2D eigenvalue weighted by molar-refractivity contribution is 5.98. The van der Waals surface area contributed by atoms with E-state index in [4.69, 9.17) is 11.5 Å². The van der Waals surface area contributed by atoms with E-state index in [-0.39, 0.29) is 63.4 Å². The summed E-state index contributed by atoms with van der Waals surface area (Å²) < 4.78 is 0. The molecule has 0 radical (unpaired) electrons. The molecule has 14 N–H and O–H groups in total. The fourth-order valence-electron chi connectivity index (χ4n) is 7.99. The normalized spacial score (nSPS) is 15.8. The highest BCUT2D eigenvalue weighted by Crippen LogP contribution is 2.21. The third-order valence-electron chi connectivity index (χ3n) is 11.8. The molecule has 0 saturated carbocycles. The number of nitrogens with one attached hydrogen (secondary N) is 8. The van der Waals surface area contributed by atoms with Crippen molar-refractivity contribution in [3.05, 3.63) is 83.9 Å². The number of likely N-dealkylation sites (N-methyl/N-ethyl adjacent to an activating group) is 1. The van der Waals surface area contributed by atoms with Crippen molar-refractivity contribution in [2.24, 2.45) is 28.3 Å². The van der Waals surface area contributed by atoms with Crippen molar-refractivity contribution < 1.29 is 48.6 Å². The van der Waals surface area contributed by atoms with Gasteiger partial charge in [0.1, 0.15) is 48.0 Å². The Hall–Kier alpha value is -7.56. The maximum absolute atomic E-state index is 14.5. The van der Waals surface area contributed by atoms with Crippen LogP contribution in [0.2, 0.25) is 0 Å². The Morgan fingerprint density at radius 2 is 1.34 bits per heavy atom. The van der Waals surface area contributed by atoms with Crippen molar-refractivity contribution in [1.29, 1.82) is 0 Å². The van der Waals surface area contributed by atoms with Gasteiger partial charge in [-0.05, 0) is 67.8 Å². The van der Waals surface area contributed by atoms with Crippen molar-refractivity contribution >= 4 is 53.3 Å². The predicted molar refractivity (Wildman–Crippen MR) is 262 cm³/mol. The number of carbonyl (C=O) groups is 8. The van der Waals surface area contributed by atoms with Crippen LogP contribution in [0.3, 0.4) is 0 Å². The van der Waals surface area contributed by atoms with Gasteiger partial charge in [-0.2, -0.15) is 0 Å². The van der Waals surface area contributed by atoms with Gasteiger partial charge in [-0.1, -0.05) is 70.2 Å². The maximum Gasteiger partial charge on any atom is 0.326 e. The van der Waals surface area contributed by atoms with Crippen LogP contribution in [0.25, 0.3) is 0 Å². The molecule has 3 aromatic rings. The van der Waals surface area contributed by atoms with Gasteiger partial charge in [0.05, 0.1) is 12.9 Å². The number of benzene rings is 2. The number of hydrogen-bond acceptors (Lipinski definition) is 12. The summed E-state index contributed by atoms with van der Waals surface area (Å²) in [6.45, 7) is 6.95. The number of phenolic OH excluding ortho intramolecular Hbond substituents is 1. The van der Waals surface area contributed by atoms with E-state index in [1.807, 2.05) is 0 Å². The number of H-pyrrole nitrogens is 1. The van der Waals surface area contributed by atoms with E-state index in [0.717, 1.165) is 0 Å². The van der Waals surface area contributed by atoms with Crippen molar-refractivity contribution in [2.45, 2.75) is 115 Å². The lowest BCUT2D eigenvalue weighted by molar-refractivity contribution is -0.145. The van der Waals surface area contributed by atoms with Gasteiger partial charge in [0.15, 0.2) is 5.96 Å². The zero-order valence-corrected chi connectivity index (χ0v) is 40.8. The van der Waals surface area contributed by atoms with Gasteiger partial charge in [-0.3, -0.25) is 38.6 Å². The number of imidazole rings is 1. The third-order valence-corrected chi connectivity index (χ3v) is 11.8. The number of likely N-dealkylation sites (tertiary alicyclic amines) is 1. The number of amides is 7. The average Bonchev–Trinajstić information content (AvgIpc) is 4.04. The summed E-state index contributed by atoms with van der Waals surface area (Å²) in [4.78, 5) is 122. The van der Waals surface area contributed by atoms with Crippen molar-refractivity contribution in [3.8, 4) is 5.75 Å². The molecule has 1 aromatic heterocycles. The number of nitrogens with two attached hydrogens (primary N) is 2. The molecule has 0 unspecified atom stereocenters. The second-order valence-electron chi connectivity index (χ2n) is 18.1. The summed E-state index contributed by atoms with van der Waals surface area (Å²) in [7, 11) is 1.57. The van der Waals surface area contributed by atoms with Gasteiger partial charge in [-0.25, -0.2) is 9.78 Å². The summed E-state index contributed by atoms with van der Waals surface area (Å²) in [6, 6.07) is 6.19. The number of nitrogens with zero attached hydrogens (tertiary/aromatic N) is 3. The number of hydrogen-bond donors (Lipinski definition) is 12. The summed E-state index contributed by atoms with van der Waals surface area (Å²) >= 11 is 0. The fraction of sp³-hybridized carbons (Fsp3) is 0.500. The van der Waals surface area contributed by atoms with E-state index in [2.05, 4.69) is 52.2 Å². The number of guanidine groups is 1. The molecular formula is C48H69N13O10. The van der Waals surface area contributed by atoms with Gasteiger partial charge in [-0.15, -0.1) is 0 Å². The highest BCUT2D eigenvalue weighted by atomic mass is 16.4. The number of carboxylic acid groups (broad SMARTS) is 1. The van der Waals surface area contributed by atoms with Crippen molar-refractivity contribution in [3.63, 3.8) is 0 Å². The molecule has 386 valence electrons. The predicted octanol–water partition coefficient (Wildman–Crippen LogP) is -1.29. The Balaban J connectivity index is 1.56. The Morgan fingerprint density at radius 3 is 1.90 bits per heavy atom. The molecule has 23 heteroatoms. The molecular weight excluding hydrogens is 919 g/mol. The number of carboxylic acids is 1. The minimum absolute atomic E-state index is 0.0140. The van der Waals surface area contributed by atoms with Gasteiger partial charge in [0.2, 0.25) is 41.4 Å². The molecule has 1 saturated heterocycles. The molecule has 1 fully saturated rings. The van der Waals surface area contributed by atoms with Gasteiger partial charge in [0.25, 0.3) is 0 Å². The number of aliphatic imine (C=N–C) groups is 1. The maximum atomic E-state index is 14.5. The zero-order chi connectivity index (χ0) is 52.2. The first-order valence-corrected chi connectivity index (χ1v) is 23.6. The Labute approximate surface area is 412 Å². The second-order valence-corrected chi connectivity index (χ2v) is 18.1. The molecule has 23 nitrogen and oxygen atoms in total. The van der Waals surface area contributed by atoms with E-state index in [0.29, 0.717) is 29.7 Å². The fourth-order valence-corrected chi connectivity index (χ4v) is 7.99. The van der Waals surface area contributed by atoms with E-state index in [9.17, 15) is 48.6 Å². The van der Waals surface area contributed by atoms with Crippen LogP contribution < -0.4 is 48.7 Å². The molecule has 2 heterocycles. The summed E-state index contributed by atoms with van der Waals surface area (Å²) in [5.74, 6) is -7.25. The molecule has 7 atom stereocenters. The molecule has 0 bridgehead atoms. The minimum Gasteiger partial charge on any atom is -0.508 e. The average molecular weight is 988 g/mol. The van der Waals surface area contributed by atoms with Crippen LogP contribution in [0, 0.1) is 11.8 Å². The van der Waals surface area contributed by atoms with Crippen LogP contribution in [-0.4, -0.2) is 147 Å². The van der Waals surface area contributed by atoms with E-state index >= 15 is 0 Å². The lowest BCUT2D eigenvalue weighted by atomic mass is 9.98. The molecule has 0 aliphatic carbocycles. The van der Waals surface area contributed by atoms with Crippen LogP contribution in [0.4, 0.5) is 0 Å². The van der Waals surface area contributed by atoms with Crippen molar-refractivity contribution in [1.82, 2.24) is 52.1 Å². The lowest BCUT2D eigenvalue weighted by Crippen LogP contribution is -2.61. The molecule has 0 spiro atoms. The van der Waals surface area contributed by atoms with E-state index < -0.39 is 101 Å². The number of rotatable bonds is 27. The number of aliphatic carboxylic acids is 1. The number of aromatic nitrogens is 2. The molecule has 71 heavy (non-hydrogen) atoms. The zero-order valence-electron chi connectivity index (χ0n) is 40.8. The summed E-state index contributed by atoms with van der Waals surface area (Å²) in [6.07, 6.45) is 3.79. The minimum atomic E-state index is -1.35. The number of aromatic amines is 1. The molecule has 2 aromatic carbocycles. The first kappa shape index (κ1) is 56.0. The highest BCUT2D eigenvalue weighted by Gasteiger charge is 2.41. The third kappa shape index (κ3) is 17.7. The topological polar surface area (TPSA) is 358 Å². The number of phenols is 1. The summed E-state index contributed by atoms with van der Waals surface area (Å²) in [5, 5.41) is 38.9. The van der Waals surface area contributed by atoms with Crippen LogP contribution >= 0.6 is 0 Å². The lowest BCUT2D eigenvalue weighted by Gasteiger charge is -2.31. The SMILES string of the molecule is CNCC(=O)N[C@@H](CCCN=C(N)N)C(=O)N[C@H](C(=O)N[C@@H](Cc1ccc(O)cc1)C(=O)N[C@H](C(=O)N[C@@H](Cc1cnc[nH]1)C(=O)N1CCC[C@@H]1C(=O)N[C@@H](Cc1ccccc1)C(=O)O)C(C)C)C(C)C. The first-order valence-electron chi connectivity index (χ1n) is 23.6. The first-order chi connectivity index (χ1) is 33.8. The molecule has 1 aliphatic rings. The quantitative estimate of drug-likeness (QED) is 0.0241. The van der Waals surface area contributed by atoms with E-state index in [1.54, 1.807) is 77.2 Å². The Kier molecular flexibility index (Phi) is 21.8. The van der Waals surface area contributed by atoms with E-state index in [1.165, 1.54) is 29.6 Å². The molecule has 4 rings (SSSR count). The second kappa shape index (κ2) is 27.6. The Bertz CT molecular complexity index is 2290. The monoisotopic (exact) mass is 988 g/mol. The van der Waals surface area contributed by atoms with Crippen molar-refractivity contribution in [2.75, 3.05) is 26.7 Å². The van der Waals surface area contributed by atoms with Gasteiger partial charge in [0, 0.05) is 44.2 Å². The summed E-state index contributed by atoms with van der Waals surface area (Å²) in [5.41, 5.74) is 12.6. The number of carbonyl (C=O) groups excluding carboxylic acids is 7. The largest absolute Gasteiger partial charge is 0.508 e. The molecule has 7 amide bonds. The standard InChI is InChI=1S/C48H69N13O10/c1-27(2)39(59-41(64)33(55-38(63)25-51-5)13-9-19-53-48(49)50)44(67)56-34(21-30-15-17-32(62)18-16-30)42(65)60-40(28(3)4)45(68)57-35(23-31-24-52-26-54-31)46(69)61-20-10-14-37(61)43(66)58-36(47(70)71)22-29-11-7-6-8-12-29/h6-8,11-12,15-18,24,26-28,33-37,39-40,51,62H,9-10,13-14,19-23,25H2,1-5H3,(H,52,54)(H,55,63)(H,56,67)(H,57,68)(H,58,66)(H,59,64)(H,60,65)(H,70,71)(H4,49,50,53)/t33-,34-,35-,36-,37+,39-,40-/m0/s1. The van der Waals surface area contributed by atoms with Crippen LogP contribution in [0.15, 0.2) is 72.1 Å². The van der Waals surface area contributed by atoms with Crippen LogP contribution in [-0.2, 0) is 57.6 Å². The van der Waals surface area contributed by atoms with Crippen LogP contribution in [0.1, 0.15) is 70.2 Å². The van der Waals surface area contributed by atoms with Gasteiger partial charge >= 0.3 is 5.97 Å². The smallest absolute Gasteiger partial charge is 0.326 e. The van der Waals surface area contributed by atoms with Gasteiger partial charge < -0.3 is 68.8 Å². The number of aromatic hydroxyl groups is 1. The molecule has 1 aliphatic heterocycles.